The average molecular weight is 272 g/mol. The van der Waals surface area contributed by atoms with Crippen LogP contribution in [0.25, 0.3) is 0 Å². The van der Waals surface area contributed by atoms with Crippen LogP contribution in [0.2, 0.25) is 0 Å². The molecule has 0 radical (unpaired) electrons. The molecule has 78 valence electrons. The van der Waals surface area contributed by atoms with Crippen LogP contribution in [0.4, 0.5) is 0 Å². The largest absolute Gasteiger partial charge is 0.389 e. The summed E-state index contributed by atoms with van der Waals surface area (Å²) < 4.78 is 24.3. The molecular weight excluding hydrogens is 258 g/mol. The minimum atomic E-state index is -3.24. The SMILES string of the molecule is O=S(=O)(CBr)NCC1(O)CCCC1. The molecule has 1 aliphatic carbocycles. The van der Waals surface area contributed by atoms with E-state index in [1.165, 1.54) is 0 Å². The Labute approximate surface area is 86.9 Å². The fourth-order valence-electron chi connectivity index (χ4n) is 1.49. The first-order valence-electron chi connectivity index (χ1n) is 4.23. The predicted octanol–water partition coefficient (Wildman–Crippen LogP) is 0.563. The van der Waals surface area contributed by atoms with Gasteiger partial charge < -0.3 is 5.11 Å². The highest BCUT2D eigenvalue weighted by atomic mass is 79.9. The molecule has 13 heavy (non-hydrogen) atoms. The van der Waals surface area contributed by atoms with Crippen molar-refractivity contribution in [3.8, 4) is 0 Å². The lowest BCUT2D eigenvalue weighted by Gasteiger charge is -2.21. The fraction of sp³-hybridized carbons (Fsp3) is 1.00. The van der Waals surface area contributed by atoms with Gasteiger partial charge in [-0.15, -0.1) is 0 Å². The van der Waals surface area contributed by atoms with Crippen LogP contribution in [0.15, 0.2) is 0 Å². The summed E-state index contributed by atoms with van der Waals surface area (Å²) in [6.07, 6.45) is 3.34. The predicted molar refractivity (Wildman–Crippen MR) is 54.1 cm³/mol. The van der Waals surface area contributed by atoms with E-state index in [0.29, 0.717) is 12.8 Å². The highest BCUT2D eigenvalue weighted by molar-refractivity contribution is 9.10. The Hall–Kier alpha value is 0.350. The quantitative estimate of drug-likeness (QED) is 0.735. The summed E-state index contributed by atoms with van der Waals surface area (Å²) in [4.78, 5) is 0. The molecule has 1 aliphatic rings. The first-order valence-corrected chi connectivity index (χ1v) is 7.00. The van der Waals surface area contributed by atoms with Crippen molar-refractivity contribution in [3.05, 3.63) is 0 Å². The summed E-state index contributed by atoms with van der Waals surface area (Å²) in [6, 6.07) is 0. The Kier molecular flexibility index (Phi) is 3.73. The average Bonchev–Trinajstić information content (AvgIpc) is 2.50. The van der Waals surface area contributed by atoms with Gasteiger partial charge in [-0.05, 0) is 12.8 Å². The second-order valence-electron chi connectivity index (χ2n) is 3.48. The molecular formula is C7H14BrNO3S. The minimum absolute atomic E-state index is 0.115. The molecule has 0 unspecified atom stereocenters. The smallest absolute Gasteiger partial charge is 0.221 e. The third-order valence-corrected chi connectivity index (χ3v) is 4.98. The monoisotopic (exact) mass is 271 g/mol. The molecule has 1 saturated carbocycles. The van der Waals surface area contributed by atoms with E-state index < -0.39 is 15.6 Å². The van der Waals surface area contributed by atoms with Gasteiger partial charge in [0.1, 0.15) is 4.66 Å². The van der Waals surface area contributed by atoms with Gasteiger partial charge in [0, 0.05) is 6.54 Å². The molecule has 0 saturated heterocycles. The van der Waals surface area contributed by atoms with Gasteiger partial charge in [0.2, 0.25) is 10.0 Å². The van der Waals surface area contributed by atoms with Crippen molar-refractivity contribution in [2.75, 3.05) is 11.2 Å². The summed E-state index contributed by atoms with van der Waals surface area (Å²) in [5.41, 5.74) is -0.810. The number of rotatable bonds is 4. The van der Waals surface area contributed by atoms with E-state index in [1.807, 2.05) is 0 Å². The molecule has 0 spiro atoms. The summed E-state index contributed by atoms with van der Waals surface area (Å²) in [7, 11) is -3.24. The topological polar surface area (TPSA) is 66.4 Å². The van der Waals surface area contributed by atoms with Crippen molar-refractivity contribution >= 4 is 26.0 Å². The first kappa shape index (κ1) is 11.4. The number of hydrogen-bond donors (Lipinski definition) is 2. The minimum Gasteiger partial charge on any atom is -0.389 e. The van der Waals surface area contributed by atoms with Crippen LogP contribution in [0.3, 0.4) is 0 Å². The number of hydrogen-bond acceptors (Lipinski definition) is 3. The van der Waals surface area contributed by atoms with Crippen LogP contribution in [-0.2, 0) is 10.0 Å². The van der Waals surface area contributed by atoms with Crippen molar-refractivity contribution in [2.24, 2.45) is 0 Å². The number of nitrogens with one attached hydrogen (secondary N) is 1. The van der Waals surface area contributed by atoms with Crippen molar-refractivity contribution < 1.29 is 13.5 Å². The summed E-state index contributed by atoms with van der Waals surface area (Å²) in [5, 5.41) is 9.81. The lowest BCUT2D eigenvalue weighted by atomic mass is 10.0. The zero-order chi connectivity index (χ0) is 9.95. The van der Waals surface area contributed by atoms with E-state index in [4.69, 9.17) is 0 Å². The maximum atomic E-state index is 11.0. The van der Waals surface area contributed by atoms with Crippen LogP contribution in [0.5, 0.6) is 0 Å². The molecule has 1 fully saturated rings. The van der Waals surface area contributed by atoms with Gasteiger partial charge in [0.05, 0.1) is 5.60 Å². The van der Waals surface area contributed by atoms with Crippen molar-refractivity contribution in [1.29, 1.82) is 0 Å². The molecule has 0 heterocycles. The normalized spacial score (nSPS) is 22.0. The Morgan fingerprint density at radius 1 is 1.38 bits per heavy atom. The van der Waals surface area contributed by atoms with E-state index in [1.54, 1.807) is 0 Å². The van der Waals surface area contributed by atoms with Gasteiger partial charge in [0.15, 0.2) is 0 Å². The molecule has 0 aromatic rings. The maximum Gasteiger partial charge on any atom is 0.221 e. The van der Waals surface area contributed by atoms with Gasteiger partial charge in [-0.2, -0.15) is 0 Å². The molecule has 1 rings (SSSR count). The first-order chi connectivity index (χ1) is 5.97. The van der Waals surface area contributed by atoms with Gasteiger partial charge in [0.25, 0.3) is 0 Å². The number of sulfonamides is 1. The van der Waals surface area contributed by atoms with E-state index in [-0.39, 0.29) is 11.2 Å². The fourth-order valence-corrected chi connectivity index (χ4v) is 2.54. The van der Waals surface area contributed by atoms with Crippen LogP contribution < -0.4 is 4.72 Å². The third kappa shape index (κ3) is 3.53. The second kappa shape index (κ2) is 4.25. The Morgan fingerprint density at radius 3 is 2.38 bits per heavy atom. The number of halogens is 1. The standard InChI is InChI=1S/C7H14BrNO3S/c8-6-13(11,12)9-5-7(10)3-1-2-4-7/h9-10H,1-6H2. The lowest BCUT2D eigenvalue weighted by molar-refractivity contribution is 0.0532. The van der Waals surface area contributed by atoms with Gasteiger partial charge in [-0.1, -0.05) is 28.8 Å². The molecule has 0 aromatic carbocycles. The van der Waals surface area contributed by atoms with Crippen LogP contribution >= 0.6 is 15.9 Å². The van der Waals surface area contributed by atoms with Gasteiger partial charge >= 0.3 is 0 Å². The third-order valence-electron chi connectivity index (χ3n) is 2.30. The molecule has 4 nitrogen and oxygen atoms in total. The molecule has 2 N–H and O–H groups in total. The second-order valence-corrected chi connectivity index (χ2v) is 6.59. The molecule has 0 aromatic heterocycles. The Morgan fingerprint density at radius 2 is 1.92 bits per heavy atom. The zero-order valence-electron chi connectivity index (χ0n) is 7.29. The Bertz CT molecular complexity index is 259. The number of aliphatic hydroxyl groups is 1. The van der Waals surface area contributed by atoms with Crippen LogP contribution in [-0.4, -0.2) is 30.3 Å². The molecule has 6 heteroatoms. The highest BCUT2D eigenvalue weighted by Crippen LogP contribution is 2.28. The summed E-state index contributed by atoms with van der Waals surface area (Å²) in [6.45, 7) is 0.140. The Balaban J connectivity index is 2.42. The van der Waals surface area contributed by atoms with E-state index >= 15 is 0 Å². The van der Waals surface area contributed by atoms with Gasteiger partial charge in [-0.25, -0.2) is 13.1 Å². The van der Waals surface area contributed by atoms with Crippen LogP contribution in [0, 0.1) is 0 Å². The molecule has 0 aliphatic heterocycles. The van der Waals surface area contributed by atoms with E-state index in [2.05, 4.69) is 20.7 Å². The molecule has 0 bridgehead atoms. The van der Waals surface area contributed by atoms with E-state index in [9.17, 15) is 13.5 Å². The van der Waals surface area contributed by atoms with Gasteiger partial charge in [-0.3, -0.25) is 0 Å². The molecule has 0 atom stereocenters. The summed E-state index contributed by atoms with van der Waals surface area (Å²) in [5.74, 6) is 0. The van der Waals surface area contributed by atoms with Crippen molar-refractivity contribution in [1.82, 2.24) is 4.72 Å². The zero-order valence-corrected chi connectivity index (χ0v) is 9.70. The van der Waals surface area contributed by atoms with Crippen molar-refractivity contribution in [2.45, 2.75) is 31.3 Å². The molecule has 0 amide bonds. The summed E-state index contributed by atoms with van der Waals surface area (Å²) >= 11 is 2.87. The van der Waals surface area contributed by atoms with Crippen LogP contribution in [0.1, 0.15) is 25.7 Å². The van der Waals surface area contributed by atoms with E-state index in [0.717, 1.165) is 12.8 Å². The number of alkyl halides is 1. The maximum absolute atomic E-state index is 11.0. The highest BCUT2D eigenvalue weighted by Gasteiger charge is 2.31. The van der Waals surface area contributed by atoms with Crippen molar-refractivity contribution in [3.63, 3.8) is 0 Å². The lowest BCUT2D eigenvalue weighted by Crippen LogP contribution is -2.40.